The molecule has 2 N–H and O–H groups in total. The molecule has 0 bridgehead atoms. The van der Waals surface area contributed by atoms with Crippen molar-refractivity contribution in [2.45, 2.75) is 0 Å². The van der Waals surface area contributed by atoms with Gasteiger partial charge in [-0.2, -0.15) is 4.98 Å². The van der Waals surface area contributed by atoms with Crippen LogP contribution in [0.5, 0.6) is 0 Å². The number of nitrogens with two attached hydrogens (primary N) is 1. The van der Waals surface area contributed by atoms with E-state index in [0.29, 0.717) is 21.4 Å². The Morgan fingerprint density at radius 3 is 2.30 bits per heavy atom. The van der Waals surface area contributed by atoms with Crippen LogP contribution in [-0.2, 0) is 0 Å². The maximum Gasteiger partial charge on any atom is 0.356 e. The summed E-state index contributed by atoms with van der Waals surface area (Å²) in [5, 5.41) is 2.05. The largest absolute Gasteiger partial charge is 0.356 e. The number of nitrogens with zero attached hydrogens (tertiary/aromatic N) is 4. The third-order valence-electron chi connectivity index (χ3n) is 3.07. The van der Waals surface area contributed by atoms with Gasteiger partial charge >= 0.3 is 5.69 Å². The third kappa shape index (κ3) is 3.34. The van der Waals surface area contributed by atoms with Crippen LogP contribution >= 0.6 is 23.2 Å². The maximum atomic E-state index is 12.2. The summed E-state index contributed by atoms with van der Waals surface area (Å²) in [6.07, 6.45) is 1.33. The maximum absolute atomic E-state index is 12.2. The molecule has 0 radical (unpaired) electrons. The highest BCUT2D eigenvalue weighted by Gasteiger charge is 2.11. The molecular formula is C15H11Cl2N5O. The predicted octanol–water partition coefficient (Wildman–Crippen LogP) is 2.95. The summed E-state index contributed by atoms with van der Waals surface area (Å²) in [6.45, 7) is 0. The van der Waals surface area contributed by atoms with Gasteiger partial charge in [0.05, 0.1) is 11.4 Å². The summed E-state index contributed by atoms with van der Waals surface area (Å²) in [7, 11) is 0. The van der Waals surface area contributed by atoms with Crippen LogP contribution in [-0.4, -0.2) is 14.5 Å². The first-order valence-electron chi connectivity index (χ1n) is 6.56. The molecule has 116 valence electrons. The minimum Gasteiger partial charge on any atom is -0.251 e. The van der Waals surface area contributed by atoms with E-state index in [9.17, 15) is 4.79 Å². The topological polar surface area (TPSA) is 77.0 Å². The van der Waals surface area contributed by atoms with Crippen molar-refractivity contribution >= 4 is 34.8 Å². The summed E-state index contributed by atoms with van der Waals surface area (Å²) >= 11 is 11.9. The molecule has 0 atom stereocenters. The van der Waals surface area contributed by atoms with Crippen molar-refractivity contribution in [3.05, 3.63) is 75.4 Å². The standard InChI is InChI=1S/C15H11Cl2N5O/c16-10-6-11(17)8-13(7-10)21-9-19-14(20-15(21)23)22(18)12-4-2-1-3-5-12/h1-9H,18H2. The van der Waals surface area contributed by atoms with Gasteiger partial charge in [-0.25, -0.2) is 20.6 Å². The van der Waals surface area contributed by atoms with E-state index >= 15 is 0 Å². The molecule has 0 amide bonds. The van der Waals surface area contributed by atoms with Crippen molar-refractivity contribution in [1.29, 1.82) is 0 Å². The lowest BCUT2D eigenvalue weighted by molar-refractivity contribution is 0.833. The monoisotopic (exact) mass is 347 g/mol. The van der Waals surface area contributed by atoms with Crippen LogP contribution in [0, 0.1) is 0 Å². The van der Waals surface area contributed by atoms with Crippen molar-refractivity contribution in [1.82, 2.24) is 14.5 Å². The molecular weight excluding hydrogens is 337 g/mol. The second-order valence-electron chi connectivity index (χ2n) is 4.64. The Kier molecular flexibility index (Phi) is 4.29. The number of hydrogen-bond donors (Lipinski definition) is 1. The number of para-hydroxylation sites is 1. The Balaban J connectivity index is 2.00. The number of hydrazine groups is 1. The molecule has 3 aromatic rings. The van der Waals surface area contributed by atoms with E-state index in [1.165, 1.54) is 15.9 Å². The third-order valence-corrected chi connectivity index (χ3v) is 3.50. The van der Waals surface area contributed by atoms with E-state index in [1.807, 2.05) is 18.2 Å². The predicted molar refractivity (Wildman–Crippen MR) is 90.4 cm³/mol. The number of halogens is 2. The molecule has 1 heterocycles. The van der Waals surface area contributed by atoms with Gasteiger partial charge in [-0.15, -0.1) is 0 Å². The number of rotatable bonds is 3. The molecule has 6 nitrogen and oxygen atoms in total. The highest BCUT2D eigenvalue weighted by Crippen LogP contribution is 2.21. The lowest BCUT2D eigenvalue weighted by Crippen LogP contribution is -2.31. The fraction of sp³-hybridized carbons (Fsp3) is 0. The van der Waals surface area contributed by atoms with E-state index in [2.05, 4.69) is 9.97 Å². The van der Waals surface area contributed by atoms with Crippen molar-refractivity contribution < 1.29 is 0 Å². The van der Waals surface area contributed by atoms with Gasteiger partial charge in [0, 0.05) is 10.0 Å². The van der Waals surface area contributed by atoms with Gasteiger partial charge in [-0.1, -0.05) is 41.4 Å². The summed E-state index contributed by atoms with van der Waals surface area (Å²) in [5.41, 5.74) is 0.595. The first-order valence-corrected chi connectivity index (χ1v) is 7.32. The fourth-order valence-electron chi connectivity index (χ4n) is 2.00. The summed E-state index contributed by atoms with van der Waals surface area (Å²) < 4.78 is 1.24. The van der Waals surface area contributed by atoms with Crippen LogP contribution in [0.3, 0.4) is 0 Å². The van der Waals surface area contributed by atoms with Crippen molar-refractivity contribution in [3.8, 4) is 5.69 Å². The fourth-order valence-corrected chi connectivity index (χ4v) is 2.52. The van der Waals surface area contributed by atoms with Crippen molar-refractivity contribution in [3.63, 3.8) is 0 Å². The van der Waals surface area contributed by atoms with E-state index in [1.54, 1.807) is 30.3 Å². The van der Waals surface area contributed by atoms with Crippen molar-refractivity contribution in [2.24, 2.45) is 5.84 Å². The summed E-state index contributed by atoms with van der Waals surface area (Å²) in [6, 6.07) is 13.8. The quantitative estimate of drug-likeness (QED) is 0.582. The molecule has 0 saturated carbocycles. The van der Waals surface area contributed by atoms with Crippen LogP contribution in [0.4, 0.5) is 11.6 Å². The van der Waals surface area contributed by atoms with E-state index in [0.717, 1.165) is 0 Å². The van der Waals surface area contributed by atoms with Crippen LogP contribution in [0.1, 0.15) is 0 Å². The van der Waals surface area contributed by atoms with Crippen LogP contribution in [0.15, 0.2) is 59.7 Å². The molecule has 0 fully saturated rings. The van der Waals surface area contributed by atoms with Crippen LogP contribution in [0.2, 0.25) is 10.0 Å². The molecule has 0 spiro atoms. The average molecular weight is 348 g/mol. The van der Waals surface area contributed by atoms with E-state index in [4.69, 9.17) is 29.0 Å². The zero-order valence-corrected chi connectivity index (χ0v) is 13.2. The summed E-state index contributed by atoms with van der Waals surface area (Å²) in [4.78, 5) is 20.3. The van der Waals surface area contributed by atoms with Gasteiger partial charge < -0.3 is 0 Å². The SMILES string of the molecule is NN(c1ccccc1)c1ncn(-c2cc(Cl)cc(Cl)c2)c(=O)n1. The summed E-state index contributed by atoms with van der Waals surface area (Å²) in [5.74, 6) is 6.03. The van der Waals surface area contributed by atoms with Gasteiger partial charge in [-0.05, 0) is 30.3 Å². The molecule has 0 aliphatic heterocycles. The Bertz CT molecular complexity index is 878. The Labute approximate surface area is 141 Å². The van der Waals surface area contributed by atoms with Gasteiger partial charge in [0.2, 0.25) is 0 Å². The highest BCUT2D eigenvalue weighted by atomic mass is 35.5. The lowest BCUT2D eigenvalue weighted by Gasteiger charge is -2.16. The molecule has 8 heteroatoms. The first kappa shape index (κ1) is 15.5. The minimum atomic E-state index is -0.542. The Hall–Kier alpha value is -2.41. The van der Waals surface area contributed by atoms with Crippen molar-refractivity contribution in [2.75, 3.05) is 5.01 Å². The number of anilines is 2. The lowest BCUT2D eigenvalue weighted by atomic mass is 10.3. The van der Waals surface area contributed by atoms with Gasteiger partial charge in [-0.3, -0.25) is 4.57 Å². The zero-order valence-electron chi connectivity index (χ0n) is 11.7. The van der Waals surface area contributed by atoms with Gasteiger partial charge in [0.15, 0.2) is 0 Å². The normalized spacial score (nSPS) is 10.6. The highest BCUT2D eigenvalue weighted by molar-refractivity contribution is 6.34. The van der Waals surface area contributed by atoms with Crippen LogP contribution in [0.25, 0.3) is 5.69 Å². The van der Waals surface area contributed by atoms with Gasteiger partial charge in [0.1, 0.15) is 6.33 Å². The Morgan fingerprint density at radius 2 is 1.70 bits per heavy atom. The number of hydrogen-bond acceptors (Lipinski definition) is 5. The van der Waals surface area contributed by atoms with Gasteiger partial charge in [0.25, 0.3) is 5.95 Å². The molecule has 0 saturated heterocycles. The molecule has 3 rings (SSSR count). The first-order chi connectivity index (χ1) is 11.0. The second-order valence-corrected chi connectivity index (χ2v) is 5.52. The average Bonchev–Trinajstić information content (AvgIpc) is 2.54. The molecule has 1 aromatic heterocycles. The molecule has 2 aromatic carbocycles. The smallest absolute Gasteiger partial charge is 0.251 e. The molecule has 23 heavy (non-hydrogen) atoms. The molecule has 0 unspecified atom stereocenters. The number of aromatic nitrogens is 3. The minimum absolute atomic E-state index is 0.0885. The number of benzene rings is 2. The van der Waals surface area contributed by atoms with Crippen LogP contribution < -0.4 is 16.5 Å². The second kappa shape index (κ2) is 6.37. The zero-order chi connectivity index (χ0) is 16.4. The van der Waals surface area contributed by atoms with E-state index < -0.39 is 5.69 Å². The molecule has 0 aliphatic carbocycles. The Morgan fingerprint density at radius 1 is 1.04 bits per heavy atom. The molecule has 0 aliphatic rings. The van der Waals surface area contributed by atoms with E-state index in [-0.39, 0.29) is 5.95 Å².